The predicted molar refractivity (Wildman–Crippen MR) is 238 cm³/mol. The molecule has 0 bridgehead atoms. The first kappa shape index (κ1) is 54.6. The number of unbranched alkanes of at least 4 members (excludes halogenated alkanes) is 4. The van der Waals surface area contributed by atoms with Crippen molar-refractivity contribution in [1.82, 2.24) is 21.3 Å². The van der Waals surface area contributed by atoms with Gasteiger partial charge in [0.15, 0.2) is 16.6 Å². The molecule has 2 unspecified atom stereocenters. The largest absolute Gasteiger partial charge is 0.437 e. The molecule has 0 saturated heterocycles. The van der Waals surface area contributed by atoms with Crippen molar-refractivity contribution in [2.45, 2.75) is 148 Å². The first-order chi connectivity index (χ1) is 26.5. The average molecular weight is 847 g/mol. The molecule has 0 aliphatic carbocycles. The van der Waals surface area contributed by atoms with Crippen LogP contribution in [0.1, 0.15) is 96.3 Å². The molecular weight excluding hydrogens is 761 g/mol. The normalized spacial score (nSPS) is 13.4. The maximum absolute atomic E-state index is 13.4. The fourth-order valence-electron chi connectivity index (χ4n) is 7.08. The van der Waals surface area contributed by atoms with Gasteiger partial charge in [-0.1, -0.05) is 19.3 Å². The van der Waals surface area contributed by atoms with Gasteiger partial charge in [-0.05, 0) is 129 Å². The first-order valence-electron chi connectivity index (χ1n) is 21.7. The molecule has 0 saturated carbocycles. The van der Waals surface area contributed by atoms with Crippen LogP contribution in [0, 0.1) is 11.8 Å². The van der Waals surface area contributed by atoms with Gasteiger partial charge in [0.05, 0.1) is 0 Å². The van der Waals surface area contributed by atoms with Crippen molar-refractivity contribution in [2.75, 3.05) is 65.4 Å². The zero-order chi connectivity index (χ0) is 42.3. The van der Waals surface area contributed by atoms with Crippen molar-refractivity contribution in [1.29, 1.82) is 0 Å². The van der Waals surface area contributed by atoms with Crippen LogP contribution in [0.3, 0.4) is 0 Å². The Bertz CT molecular complexity index is 1070. The van der Waals surface area contributed by atoms with Crippen LogP contribution in [0.25, 0.3) is 0 Å². The smallest absolute Gasteiger partial charge is 0.311 e. The second-order valence-electron chi connectivity index (χ2n) is 17.0. The quantitative estimate of drug-likeness (QED) is 0.0327. The summed E-state index contributed by atoms with van der Waals surface area (Å²) >= 11 is 0. The molecular formula is C39H86N8O6Si3. The lowest BCUT2D eigenvalue weighted by atomic mass is 9.92. The summed E-state index contributed by atoms with van der Waals surface area (Å²) in [6.45, 7) is 19.5. The molecule has 12 N–H and O–H groups in total. The second-order valence-corrected chi connectivity index (χ2v) is 29.4. The van der Waals surface area contributed by atoms with Crippen molar-refractivity contribution < 1.29 is 27.4 Å². The molecule has 0 aromatic carbocycles. The number of ketones is 2. The molecule has 17 heteroatoms. The lowest BCUT2D eigenvalue weighted by Gasteiger charge is -2.39. The molecule has 2 amide bonds. The highest BCUT2D eigenvalue weighted by Gasteiger charge is 2.40. The molecule has 0 aromatic heterocycles. The van der Waals surface area contributed by atoms with Crippen LogP contribution in [0.15, 0.2) is 0 Å². The van der Waals surface area contributed by atoms with E-state index in [0.29, 0.717) is 77.9 Å². The Balaban J connectivity index is 5.35. The summed E-state index contributed by atoms with van der Waals surface area (Å²) in [6.07, 6.45) is 10.3. The Morgan fingerprint density at radius 3 is 1.34 bits per heavy atom. The van der Waals surface area contributed by atoms with Crippen molar-refractivity contribution in [3.63, 3.8) is 0 Å². The van der Waals surface area contributed by atoms with E-state index in [1.54, 1.807) is 0 Å². The molecule has 0 aliphatic rings. The van der Waals surface area contributed by atoms with E-state index in [1.165, 1.54) is 0 Å². The number of nitrogens with two attached hydrogens (primary N) is 4. The topological polar surface area (TPSA) is 239 Å². The summed E-state index contributed by atoms with van der Waals surface area (Å²) < 4.78 is 13.8. The molecule has 0 radical (unpaired) electrons. The third kappa shape index (κ3) is 30.7. The van der Waals surface area contributed by atoms with E-state index in [2.05, 4.69) is 60.5 Å². The van der Waals surface area contributed by atoms with Crippen LogP contribution < -0.4 is 44.2 Å². The van der Waals surface area contributed by atoms with Crippen molar-refractivity contribution in [3.8, 4) is 0 Å². The molecule has 0 aromatic rings. The third-order valence-corrected chi connectivity index (χ3v) is 21.3. The van der Waals surface area contributed by atoms with Gasteiger partial charge in [0, 0.05) is 76.8 Å². The van der Waals surface area contributed by atoms with Crippen LogP contribution in [0.2, 0.25) is 51.4 Å². The Morgan fingerprint density at radius 1 is 0.482 bits per heavy atom. The van der Waals surface area contributed by atoms with Gasteiger partial charge < -0.3 is 52.4 Å². The average Bonchev–Trinajstić information content (AvgIpc) is 3.11. The monoisotopic (exact) mass is 847 g/mol. The van der Waals surface area contributed by atoms with Gasteiger partial charge in [0.1, 0.15) is 11.6 Å². The van der Waals surface area contributed by atoms with Crippen LogP contribution >= 0.6 is 0 Å². The Hall–Kier alpha value is -1.39. The maximum Gasteiger partial charge on any atom is 0.311 e. The zero-order valence-electron chi connectivity index (χ0n) is 36.5. The summed E-state index contributed by atoms with van der Waals surface area (Å²) in [5, 5.41) is 12.5. The number of hydrogen-bond acceptors (Lipinski definition) is 12. The summed E-state index contributed by atoms with van der Waals surface area (Å²) in [4.78, 5) is 52.5. The summed E-state index contributed by atoms with van der Waals surface area (Å²) in [5.74, 6) is -0.542. The molecule has 0 spiro atoms. The van der Waals surface area contributed by atoms with Crippen LogP contribution in [0.5, 0.6) is 0 Å². The maximum atomic E-state index is 13.4. The van der Waals surface area contributed by atoms with E-state index in [4.69, 9.17) is 31.2 Å². The third-order valence-electron chi connectivity index (χ3n) is 9.85. The number of Topliss-reactive ketones (excluding diaryl/α,β-unsaturated/α-hetero) is 2. The van der Waals surface area contributed by atoms with Crippen LogP contribution in [-0.2, 0) is 27.4 Å². The van der Waals surface area contributed by atoms with Gasteiger partial charge in [-0.2, -0.15) is 0 Å². The highest BCUT2D eigenvalue weighted by Crippen LogP contribution is 2.29. The Labute approximate surface area is 344 Å². The van der Waals surface area contributed by atoms with Gasteiger partial charge >= 0.3 is 8.56 Å². The van der Waals surface area contributed by atoms with E-state index in [1.807, 2.05) is 0 Å². The van der Waals surface area contributed by atoms with Crippen molar-refractivity contribution in [2.24, 2.45) is 34.8 Å². The predicted octanol–water partition coefficient (Wildman–Crippen LogP) is 3.60. The highest BCUT2D eigenvalue weighted by molar-refractivity contribution is 6.87. The first-order valence-corrected chi connectivity index (χ1v) is 30.8. The molecule has 56 heavy (non-hydrogen) atoms. The van der Waals surface area contributed by atoms with Gasteiger partial charge in [0.25, 0.3) is 0 Å². The Morgan fingerprint density at radius 2 is 0.911 bits per heavy atom. The van der Waals surface area contributed by atoms with Gasteiger partial charge in [0.2, 0.25) is 11.8 Å². The van der Waals surface area contributed by atoms with E-state index in [9.17, 15) is 19.2 Å². The van der Waals surface area contributed by atoms with Gasteiger partial charge in [-0.25, -0.2) is 0 Å². The molecule has 14 nitrogen and oxygen atoms in total. The lowest BCUT2D eigenvalue weighted by Crippen LogP contribution is -2.52. The number of hydrogen-bond donors (Lipinski definition) is 8. The minimum atomic E-state index is -2.57. The highest BCUT2D eigenvalue weighted by atomic mass is 28.5. The fourth-order valence-corrected chi connectivity index (χ4v) is 21.2. The Kier molecular flexibility index (Phi) is 31.7. The van der Waals surface area contributed by atoms with Crippen LogP contribution in [0.4, 0.5) is 0 Å². The van der Waals surface area contributed by atoms with Gasteiger partial charge in [-0.3, -0.25) is 19.2 Å². The molecule has 0 rings (SSSR count). The molecule has 0 heterocycles. The van der Waals surface area contributed by atoms with E-state index >= 15 is 0 Å². The molecule has 0 aliphatic heterocycles. The number of carbonyl (C=O) groups is 4. The summed E-state index contributed by atoms with van der Waals surface area (Å²) in [5.41, 5.74) is 22.3. The molecule has 330 valence electrons. The van der Waals surface area contributed by atoms with Crippen LogP contribution in [-0.4, -0.2) is 114 Å². The SMILES string of the molecule is C[Si](C)(CCCC(CC(=O)NCCCCCN)C(=O)CCCNCCN)O[Si](C)(C)O[Si](C)(C)CCC(CC(=O)NCCCCCN)C(=O)CCCNCCN. The zero-order valence-corrected chi connectivity index (χ0v) is 39.5. The second kappa shape index (κ2) is 32.5. The summed E-state index contributed by atoms with van der Waals surface area (Å²) in [7, 11) is -7.05. The number of rotatable bonds is 39. The van der Waals surface area contributed by atoms with E-state index in [0.717, 1.165) is 83.1 Å². The van der Waals surface area contributed by atoms with Crippen molar-refractivity contribution >= 4 is 48.6 Å². The number of carbonyl (C=O) groups excluding carboxylic acids is 4. The molecule has 2 atom stereocenters. The standard InChI is InChI=1S/C39H86N8O6Si3/c1-54(2,30-15-16-34(36(48)17-13-24-44-28-22-42)32-38(50)46-26-11-7-9-20-40)52-56(5,6)53-55(3,4)31-19-35(37(49)18-14-25-45-29-23-43)33-39(51)47-27-12-8-10-21-41/h34-35,44-45H,7-33,40-43H2,1-6H3,(H,46,50)(H,47,51). The lowest BCUT2D eigenvalue weighted by molar-refractivity contribution is -0.129. The molecule has 0 fully saturated rings. The van der Waals surface area contributed by atoms with E-state index in [-0.39, 0.29) is 48.1 Å². The minimum absolute atomic E-state index is 0.0679. The number of nitrogens with one attached hydrogen (secondary N) is 4. The van der Waals surface area contributed by atoms with Crippen molar-refractivity contribution in [3.05, 3.63) is 0 Å². The number of amides is 2. The summed E-state index contributed by atoms with van der Waals surface area (Å²) in [6, 6.07) is 1.61. The fraction of sp³-hybridized carbons (Fsp3) is 0.897. The van der Waals surface area contributed by atoms with Gasteiger partial charge in [-0.15, -0.1) is 0 Å². The minimum Gasteiger partial charge on any atom is -0.437 e. The van der Waals surface area contributed by atoms with E-state index < -0.39 is 25.2 Å².